The van der Waals surface area contributed by atoms with Gasteiger partial charge < -0.3 is 77.9 Å². The first-order chi connectivity index (χ1) is 46.5. The zero-order valence-electron chi connectivity index (χ0n) is 54.3. The Morgan fingerprint density at radius 3 is 1.38 bits per heavy atom. The van der Waals surface area contributed by atoms with Gasteiger partial charge in [0.15, 0.2) is 0 Å². The fraction of sp³-hybridized carbons (Fsp3) is 0.571. The lowest BCUT2D eigenvalue weighted by atomic mass is 10.0. The maximum atomic E-state index is 14.4. The van der Waals surface area contributed by atoms with Crippen LogP contribution in [0.15, 0.2) is 53.5 Å². The average molecular weight is 1500 g/mol. The number of carbonyl (C=O) groups excluding carboxylic acids is 6. The van der Waals surface area contributed by atoms with Crippen molar-refractivity contribution in [2.24, 2.45) is 4.99 Å². The Labute approximate surface area is 578 Å². The quantitative estimate of drug-likeness (QED) is 0.0244. The third kappa shape index (κ3) is 35.3. The van der Waals surface area contributed by atoms with Crippen molar-refractivity contribution in [3.63, 3.8) is 0 Å². The largest absolute Gasteiger partial charge is 0.507 e. The Kier molecular flexibility index (Phi) is 38.7. The van der Waals surface area contributed by atoms with Gasteiger partial charge in [0.05, 0.1) is 23.2 Å². The summed E-state index contributed by atoms with van der Waals surface area (Å²) in [6.07, 6.45) is 1.40. The van der Waals surface area contributed by atoms with Gasteiger partial charge in [-0.25, -0.2) is 24.2 Å². The number of amides is 7. The van der Waals surface area contributed by atoms with Crippen LogP contribution in [0.3, 0.4) is 0 Å². The van der Waals surface area contributed by atoms with Gasteiger partial charge in [-0.05, 0) is 110 Å². The monoisotopic (exact) mass is 1500 g/mol. The number of aliphatic imine (C=N–C) groups is 1. The van der Waals surface area contributed by atoms with Gasteiger partial charge in [-0.3, -0.25) is 67.5 Å². The highest BCUT2D eigenvalue weighted by Crippen LogP contribution is 2.21. The van der Waals surface area contributed by atoms with Gasteiger partial charge in [-0.15, -0.1) is 0 Å². The van der Waals surface area contributed by atoms with Crippen LogP contribution in [0.5, 0.6) is 5.75 Å². The van der Waals surface area contributed by atoms with E-state index in [4.69, 9.17) is 5.11 Å². The van der Waals surface area contributed by atoms with E-state index in [2.05, 4.69) is 36.9 Å². The molecule has 1 aliphatic heterocycles. The average Bonchev–Trinajstić information content (AvgIpc) is 0.861. The normalized spacial score (nSPS) is 15.2. The van der Waals surface area contributed by atoms with Crippen LogP contribution in [0, 0.1) is 3.57 Å². The molecule has 1 heterocycles. The second kappa shape index (κ2) is 45.5. The second-order valence-corrected chi connectivity index (χ2v) is 24.6. The molecule has 1 fully saturated rings. The number of rotatable bonds is 44. The van der Waals surface area contributed by atoms with Gasteiger partial charge in [0.25, 0.3) is 5.91 Å². The summed E-state index contributed by atoms with van der Waals surface area (Å²) in [4.78, 5) is 185. The topological polar surface area (TPSA) is 519 Å². The van der Waals surface area contributed by atoms with Crippen LogP contribution in [0.2, 0.25) is 0 Å². The molecule has 3 rings (SSSR count). The number of aromatic hydroxyl groups is 1. The molecule has 2 aromatic rings. The number of nitrogens with one attached hydrogen (secondary N) is 6. The molecule has 5 atom stereocenters. The molecule has 1 unspecified atom stereocenters. The number of halogens is 1. The first kappa shape index (κ1) is 83.3. The van der Waals surface area contributed by atoms with Crippen LogP contribution in [0.1, 0.15) is 114 Å². The Morgan fingerprint density at radius 1 is 0.459 bits per heavy atom. The Morgan fingerprint density at radius 2 is 0.929 bits per heavy atom. The molecule has 2 aromatic carbocycles. The molecular weight excluding hydrogens is 1410 g/mol. The summed E-state index contributed by atoms with van der Waals surface area (Å²) in [5.41, 5.74) is 0.511. The van der Waals surface area contributed by atoms with Crippen molar-refractivity contribution < 1.29 is 113 Å². The number of carbonyl (C=O) groups is 14. The van der Waals surface area contributed by atoms with E-state index >= 15 is 0 Å². The lowest BCUT2D eigenvalue weighted by Gasteiger charge is -2.35. The molecule has 1 aliphatic rings. The third-order valence-corrected chi connectivity index (χ3v) is 16.5. The van der Waals surface area contributed by atoms with E-state index in [0.717, 1.165) is 0 Å². The molecule has 0 saturated carbocycles. The zero-order valence-corrected chi connectivity index (χ0v) is 56.4. The summed E-state index contributed by atoms with van der Waals surface area (Å²) in [7, 11) is 0. The molecule has 0 bridgehead atoms. The molecule has 98 heavy (non-hydrogen) atoms. The number of hydrogen-bond donors (Lipinski definition) is 15. The SMILES string of the molecule is O=C(O)CC[C@H](NC(=O)N[C@@H](CCCCNC(=O)CCCCCCC(=O)NCCCC[C@@H](NC(=O)[C@@H](Cc1ccccc1)NC(=O)C(Cc1ccc(O)c(I)c1)=NC(=O)CCC(C(=O)O)N1CCN(CC(=O)O)CCN(CC(=O)O)CCN(CC(=O)O)CC1)C(=O)O)C(=O)O)C(=O)O. The van der Waals surface area contributed by atoms with E-state index < -0.39 is 153 Å². The Bertz CT molecular complexity index is 3040. The highest BCUT2D eigenvalue weighted by atomic mass is 127. The van der Waals surface area contributed by atoms with E-state index in [9.17, 15) is 108 Å². The maximum absolute atomic E-state index is 14.4. The van der Waals surface area contributed by atoms with Gasteiger partial charge in [-0.1, -0.05) is 49.2 Å². The van der Waals surface area contributed by atoms with Crippen molar-refractivity contribution in [2.75, 3.05) is 85.1 Å². The van der Waals surface area contributed by atoms with Crippen molar-refractivity contribution in [3.05, 3.63) is 63.2 Å². The van der Waals surface area contributed by atoms with Gasteiger partial charge in [0.2, 0.25) is 23.6 Å². The lowest BCUT2D eigenvalue weighted by molar-refractivity contribution is -0.145. The summed E-state index contributed by atoms with van der Waals surface area (Å²) < 4.78 is 0.374. The van der Waals surface area contributed by atoms with E-state index in [0.29, 0.717) is 53.2 Å². The molecule has 0 aromatic heterocycles. The summed E-state index contributed by atoms with van der Waals surface area (Å²) in [6.45, 7) is -0.788. The first-order valence-electron chi connectivity index (χ1n) is 32.0. The number of carboxylic acid groups (broad SMARTS) is 8. The number of phenolic OH excluding ortho intramolecular Hbond substituents is 1. The van der Waals surface area contributed by atoms with Crippen LogP contribution in [-0.4, -0.2) is 270 Å². The zero-order chi connectivity index (χ0) is 72.7. The molecule has 0 spiro atoms. The van der Waals surface area contributed by atoms with E-state index in [-0.39, 0.29) is 134 Å². The Hall–Kier alpha value is -8.94. The predicted molar refractivity (Wildman–Crippen MR) is 356 cm³/mol. The van der Waals surface area contributed by atoms with Gasteiger partial charge in [0, 0.05) is 104 Å². The predicted octanol–water partition coefficient (Wildman–Crippen LogP) is 0.497. The number of unbranched alkanes of at least 4 members (excludes halogenated alkanes) is 5. The summed E-state index contributed by atoms with van der Waals surface area (Å²) in [5.74, 6) is -13.9. The number of urea groups is 1. The van der Waals surface area contributed by atoms with Crippen molar-refractivity contribution in [1.82, 2.24) is 51.5 Å². The third-order valence-electron chi connectivity index (χ3n) is 15.6. The highest BCUT2D eigenvalue weighted by Gasteiger charge is 2.32. The highest BCUT2D eigenvalue weighted by molar-refractivity contribution is 14.1. The molecule has 0 aliphatic carbocycles. The molecule has 15 N–H and O–H groups in total. The molecule has 542 valence electrons. The fourth-order valence-electron chi connectivity index (χ4n) is 10.3. The van der Waals surface area contributed by atoms with Crippen LogP contribution >= 0.6 is 22.6 Å². The van der Waals surface area contributed by atoms with E-state index in [1.54, 1.807) is 35.2 Å². The van der Waals surface area contributed by atoms with Crippen LogP contribution in [0.25, 0.3) is 0 Å². The number of aliphatic carboxylic acids is 8. The standard InChI is InChI=1S/C63H90IN11O23/c64-42-34-41(18-21-49(42)76)36-46(67-52(79)22-20-48(62(96)97)75-32-30-73(38-55(84)85)28-26-72(37-54(82)83)27-29-74(31-33-75)39-56(86)87)57(88)69-47(35-40-12-4-3-5-13-40)58(89)68-43(59(90)91)14-8-10-24-65-50(77)16-6-1-2-7-17-51(78)66-25-11-9-15-44(60(92)93)70-63(98)71-45(61(94)95)19-23-53(80)81/h3-5,12-13,18,21,34,43-45,47-48,76H,1-2,6-11,14-17,19-20,22-33,35-39H2,(H,65,77)(H,66,78)(H,68,89)(H,69,88)(H,80,81)(H,82,83)(H,84,85)(H,86,87)(H,90,91)(H,92,93)(H,94,95)(H,96,97)(H2,70,71,98)/t43-,44+,45+,47-,48?/m1/s1. The summed E-state index contributed by atoms with van der Waals surface area (Å²) in [5, 5.41) is 102. The van der Waals surface area contributed by atoms with Gasteiger partial charge >= 0.3 is 53.8 Å². The maximum Gasteiger partial charge on any atom is 0.326 e. The summed E-state index contributed by atoms with van der Waals surface area (Å²) in [6, 6.07) is 4.41. The number of carboxylic acids is 8. The minimum atomic E-state index is -1.54. The van der Waals surface area contributed by atoms with Crippen molar-refractivity contribution in [1.29, 1.82) is 0 Å². The van der Waals surface area contributed by atoms with E-state index in [1.807, 2.05) is 22.6 Å². The van der Waals surface area contributed by atoms with Gasteiger partial charge in [-0.2, -0.15) is 0 Å². The first-order valence-corrected chi connectivity index (χ1v) is 33.1. The lowest BCUT2D eigenvalue weighted by Crippen LogP contribution is -2.53. The van der Waals surface area contributed by atoms with Crippen molar-refractivity contribution in [3.8, 4) is 5.75 Å². The minimum Gasteiger partial charge on any atom is -0.507 e. The minimum absolute atomic E-state index is 0.0171. The molecule has 7 amide bonds. The van der Waals surface area contributed by atoms with Crippen LogP contribution < -0.4 is 31.9 Å². The molecule has 0 radical (unpaired) electrons. The van der Waals surface area contributed by atoms with Crippen LogP contribution in [0.4, 0.5) is 4.79 Å². The molecule has 1 saturated heterocycles. The summed E-state index contributed by atoms with van der Waals surface area (Å²) >= 11 is 1.85. The molecule has 34 nitrogen and oxygen atoms in total. The second-order valence-electron chi connectivity index (χ2n) is 23.4. The Balaban J connectivity index is 1.60. The number of benzene rings is 2. The van der Waals surface area contributed by atoms with Crippen molar-refractivity contribution in [2.45, 2.75) is 146 Å². The number of nitrogens with zero attached hydrogens (tertiary/aromatic N) is 5. The smallest absolute Gasteiger partial charge is 0.326 e. The molecule has 35 heteroatoms. The molecular formula is C63H90IN11O23. The fourth-order valence-corrected chi connectivity index (χ4v) is 10.9. The van der Waals surface area contributed by atoms with Crippen molar-refractivity contribution >= 4 is 112 Å². The number of hydrogen-bond acceptors (Lipinski definition) is 19. The number of phenols is 1. The van der Waals surface area contributed by atoms with Gasteiger partial charge in [0.1, 0.15) is 41.7 Å². The van der Waals surface area contributed by atoms with E-state index in [1.165, 1.54) is 32.9 Å². The van der Waals surface area contributed by atoms with Crippen LogP contribution in [-0.2, 0) is 75.2 Å².